The number of aromatic nitrogens is 3. The molecule has 0 aliphatic carbocycles. The van der Waals surface area contributed by atoms with Gasteiger partial charge in [-0.2, -0.15) is 5.26 Å². The second kappa shape index (κ2) is 7.61. The Labute approximate surface area is 139 Å². The molecule has 0 atom stereocenters. The summed E-state index contributed by atoms with van der Waals surface area (Å²) in [6.45, 7) is 0.712. The van der Waals surface area contributed by atoms with E-state index in [1.807, 2.05) is 36.4 Å². The van der Waals surface area contributed by atoms with Crippen molar-refractivity contribution < 1.29 is 0 Å². The van der Waals surface area contributed by atoms with Crippen LogP contribution in [0.1, 0.15) is 17.0 Å². The highest BCUT2D eigenvalue weighted by Gasteiger charge is 2.13. The van der Waals surface area contributed by atoms with Gasteiger partial charge in [-0.1, -0.05) is 72.4 Å². The minimum absolute atomic E-state index is 0.373. The van der Waals surface area contributed by atoms with Crippen molar-refractivity contribution in [2.24, 2.45) is 0 Å². The molecule has 3 rings (SSSR count). The number of hydrogen-bond donors (Lipinski definition) is 0. The smallest absolute Gasteiger partial charge is 0.192 e. The van der Waals surface area contributed by atoms with Crippen LogP contribution in [0, 0.1) is 11.3 Å². The van der Waals surface area contributed by atoms with E-state index in [1.165, 1.54) is 22.9 Å². The highest BCUT2D eigenvalue weighted by Crippen LogP contribution is 2.20. The maximum atomic E-state index is 8.82. The summed E-state index contributed by atoms with van der Waals surface area (Å²) in [5.41, 5.74) is 2.39. The van der Waals surface area contributed by atoms with Crippen LogP contribution in [-0.2, 0) is 13.0 Å². The fraction of sp³-hybridized carbons (Fsp3) is 0.167. The predicted octanol–water partition coefficient (Wildman–Crippen LogP) is 3.53. The van der Waals surface area contributed by atoms with E-state index in [0.29, 0.717) is 12.3 Å². The third-order valence-electron chi connectivity index (χ3n) is 3.45. The van der Waals surface area contributed by atoms with E-state index in [1.54, 1.807) is 0 Å². The normalized spacial score (nSPS) is 10.4. The number of rotatable bonds is 6. The summed E-state index contributed by atoms with van der Waals surface area (Å²) in [6.07, 6.45) is 0.730. The first kappa shape index (κ1) is 15.3. The summed E-state index contributed by atoms with van der Waals surface area (Å²) in [6, 6.07) is 22.6. The fourth-order valence-corrected chi connectivity index (χ4v) is 2.97. The van der Waals surface area contributed by atoms with Crippen molar-refractivity contribution in [1.29, 1.82) is 5.26 Å². The van der Waals surface area contributed by atoms with E-state index in [0.717, 1.165) is 17.4 Å². The Morgan fingerprint density at radius 1 is 0.913 bits per heavy atom. The first-order valence-corrected chi connectivity index (χ1v) is 8.35. The van der Waals surface area contributed by atoms with E-state index in [9.17, 15) is 0 Å². The summed E-state index contributed by atoms with van der Waals surface area (Å²) in [5.74, 6) is 1.29. The Morgan fingerprint density at radius 2 is 1.57 bits per heavy atom. The first-order valence-electron chi connectivity index (χ1n) is 7.36. The zero-order valence-electron chi connectivity index (χ0n) is 12.6. The standard InChI is InChI=1S/C18H16N4S/c19-11-12-23-18-21-20-17(13-15-7-3-1-4-8-15)22(18)14-16-9-5-2-6-10-16/h1-10H,12-14H2. The second-order valence-corrected chi connectivity index (χ2v) is 6.02. The molecule has 114 valence electrons. The summed E-state index contributed by atoms with van der Waals surface area (Å²) < 4.78 is 2.10. The van der Waals surface area contributed by atoms with Gasteiger partial charge in [-0.25, -0.2) is 0 Å². The zero-order valence-corrected chi connectivity index (χ0v) is 13.4. The summed E-state index contributed by atoms with van der Waals surface area (Å²) in [4.78, 5) is 0. The Balaban J connectivity index is 1.89. The second-order valence-electron chi connectivity index (χ2n) is 5.08. The van der Waals surface area contributed by atoms with Crippen molar-refractivity contribution in [3.8, 4) is 6.07 Å². The molecule has 0 unspecified atom stereocenters. The maximum Gasteiger partial charge on any atom is 0.192 e. The molecule has 2 aromatic carbocycles. The molecule has 0 aliphatic heterocycles. The lowest BCUT2D eigenvalue weighted by atomic mass is 10.1. The Kier molecular flexibility index (Phi) is 5.07. The molecule has 0 N–H and O–H groups in total. The number of benzene rings is 2. The molecule has 1 heterocycles. The topological polar surface area (TPSA) is 54.5 Å². The van der Waals surface area contributed by atoms with Crippen molar-refractivity contribution in [3.05, 3.63) is 77.6 Å². The lowest BCUT2D eigenvalue weighted by molar-refractivity contribution is 0.676. The molecule has 1 aromatic heterocycles. The number of nitrogens with zero attached hydrogens (tertiary/aromatic N) is 4. The van der Waals surface area contributed by atoms with E-state index in [4.69, 9.17) is 5.26 Å². The largest absolute Gasteiger partial charge is 0.301 e. The van der Waals surface area contributed by atoms with Crippen LogP contribution >= 0.6 is 11.8 Å². The highest BCUT2D eigenvalue weighted by atomic mass is 32.2. The van der Waals surface area contributed by atoms with Gasteiger partial charge >= 0.3 is 0 Å². The van der Waals surface area contributed by atoms with E-state index in [2.05, 4.69) is 45.1 Å². The van der Waals surface area contributed by atoms with Crippen LogP contribution in [-0.4, -0.2) is 20.5 Å². The fourth-order valence-electron chi connectivity index (χ4n) is 2.36. The minimum atomic E-state index is 0.373. The van der Waals surface area contributed by atoms with Crippen LogP contribution in [0.15, 0.2) is 65.8 Å². The lowest BCUT2D eigenvalue weighted by Gasteiger charge is -2.10. The van der Waals surface area contributed by atoms with Crippen LogP contribution < -0.4 is 0 Å². The van der Waals surface area contributed by atoms with Crippen LogP contribution in [0.25, 0.3) is 0 Å². The van der Waals surface area contributed by atoms with Gasteiger partial charge in [-0.15, -0.1) is 10.2 Å². The molecular weight excluding hydrogens is 304 g/mol. The Hall–Kier alpha value is -2.58. The third kappa shape index (κ3) is 3.99. The molecule has 0 saturated carbocycles. The average molecular weight is 320 g/mol. The molecule has 0 bridgehead atoms. The van der Waals surface area contributed by atoms with Gasteiger partial charge in [0.2, 0.25) is 0 Å². The van der Waals surface area contributed by atoms with Gasteiger partial charge in [0.05, 0.1) is 18.4 Å². The molecular formula is C18H16N4S. The first-order chi connectivity index (χ1) is 11.4. The molecule has 0 amide bonds. The van der Waals surface area contributed by atoms with Gasteiger partial charge in [0.25, 0.3) is 0 Å². The van der Waals surface area contributed by atoms with E-state index >= 15 is 0 Å². The van der Waals surface area contributed by atoms with Gasteiger partial charge in [-0.3, -0.25) is 0 Å². The van der Waals surface area contributed by atoms with Crippen LogP contribution in [0.4, 0.5) is 0 Å². The van der Waals surface area contributed by atoms with Crippen LogP contribution in [0.3, 0.4) is 0 Å². The number of thioether (sulfide) groups is 1. The molecule has 0 radical (unpaired) electrons. The predicted molar refractivity (Wildman–Crippen MR) is 91.2 cm³/mol. The van der Waals surface area contributed by atoms with Gasteiger partial charge in [-0.05, 0) is 11.1 Å². The minimum Gasteiger partial charge on any atom is -0.301 e. The van der Waals surface area contributed by atoms with Crippen molar-refractivity contribution in [3.63, 3.8) is 0 Å². The number of nitriles is 1. The van der Waals surface area contributed by atoms with Gasteiger partial charge in [0.1, 0.15) is 5.82 Å². The van der Waals surface area contributed by atoms with Crippen molar-refractivity contribution in [2.75, 3.05) is 5.75 Å². The monoisotopic (exact) mass is 320 g/mol. The van der Waals surface area contributed by atoms with Crippen LogP contribution in [0.2, 0.25) is 0 Å². The van der Waals surface area contributed by atoms with Crippen molar-refractivity contribution in [2.45, 2.75) is 18.1 Å². The maximum absolute atomic E-state index is 8.82. The molecule has 4 nitrogen and oxygen atoms in total. The third-order valence-corrected chi connectivity index (χ3v) is 4.28. The van der Waals surface area contributed by atoms with Gasteiger partial charge in [0, 0.05) is 6.42 Å². The summed E-state index contributed by atoms with van der Waals surface area (Å²) >= 11 is 1.43. The van der Waals surface area contributed by atoms with Crippen molar-refractivity contribution >= 4 is 11.8 Å². The molecule has 3 aromatic rings. The summed E-state index contributed by atoms with van der Waals surface area (Å²) in [7, 11) is 0. The molecule has 5 heteroatoms. The van der Waals surface area contributed by atoms with E-state index < -0.39 is 0 Å². The highest BCUT2D eigenvalue weighted by molar-refractivity contribution is 7.99. The average Bonchev–Trinajstić information content (AvgIpc) is 2.96. The molecule has 0 saturated heterocycles. The Morgan fingerprint density at radius 3 is 2.22 bits per heavy atom. The molecule has 23 heavy (non-hydrogen) atoms. The molecule has 0 spiro atoms. The summed E-state index contributed by atoms with van der Waals surface area (Å²) in [5, 5.41) is 18.2. The lowest BCUT2D eigenvalue weighted by Crippen LogP contribution is -2.07. The molecule has 0 aliphatic rings. The zero-order chi connectivity index (χ0) is 15.9. The molecule has 0 fully saturated rings. The van der Waals surface area contributed by atoms with E-state index in [-0.39, 0.29) is 0 Å². The van der Waals surface area contributed by atoms with Crippen LogP contribution in [0.5, 0.6) is 0 Å². The van der Waals surface area contributed by atoms with Crippen molar-refractivity contribution in [1.82, 2.24) is 14.8 Å². The number of hydrogen-bond acceptors (Lipinski definition) is 4. The van der Waals surface area contributed by atoms with Gasteiger partial charge < -0.3 is 4.57 Å². The SMILES string of the molecule is N#CCSc1nnc(Cc2ccccc2)n1Cc1ccccc1. The Bertz CT molecular complexity index is 791. The quantitative estimate of drug-likeness (QED) is 0.652. The van der Waals surface area contributed by atoms with Gasteiger partial charge in [0.15, 0.2) is 5.16 Å².